The molecule has 1 unspecified atom stereocenters. The molecule has 0 heterocycles. The molecule has 0 aliphatic heterocycles. The van der Waals surface area contributed by atoms with Crippen LogP contribution in [0.25, 0.3) is 0 Å². The van der Waals surface area contributed by atoms with Crippen molar-refractivity contribution in [1.82, 2.24) is 0 Å². The van der Waals surface area contributed by atoms with Crippen LogP contribution in [-0.4, -0.2) is 4.21 Å². The molecule has 1 atom stereocenters. The van der Waals surface area contributed by atoms with E-state index in [4.69, 9.17) is 22.6 Å². The van der Waals surface area contributed by atoms with Crippen molar-refractivity contribution in [3.05, 3.63) is 58.6 Å². The predicted octanol–water partition coefficient (Wildman–Crippen LogP) is 3.10. The Bertz CT molecular complexity index is 679. The third-order valence-corrected chi connectivity index (χ3v) is 4.30. The van der Waals surface area contributed by atoms with Gasteiger partial charge in [-0.25, -0.2) is 0 Å². The van der Waals surface area contributed by atoms with Crippen molar-refractivity contribution in [3.8, 4) is 6.07 Å². The summed E-state index contributed by atoms with van der Waals surface area (Å²) in [5.41, 5.74) is 7.50. The minimum Gasteiger partial charge on any atom is -0.398 e. The molecule has 96 valence electrons. The van der Waals surface area contributed by atoms with Gasteiger partial charge in [0.1, 0.15) is 0 Å². The third kappa shape index (κ3) is 3.14. The lowest BCUT2D eigenvalue weighted by atomic mass is 10.1. The molecule has 2 N–H and O–H groups in total. The Hall–Kier alpha value is -1.83. The molecule has 0 bridgehead atoms. The first-order valence-corrected chi connectivity index (χ1v) is 7.23. The zero-order valence-electron chi connectivity index (χ0n) is 9.97. The van der Waals surface area contributed by atoms with Crippen LogP contribution in [0.4, 0.5) is 5.69 Å². The summed E-state index contributed by atoms with van der Waals surface area (Å²) in [6, 6.07) is 14.1. The Kier molecular flexibility index (Phi) is 4.20. The number of nitrogen functional groups attached to an aromatic ring is 1. The lowest BCUT2D eigenvalue weighted by Gasteiger charge is -2.07. The van der Waals surface area contributed by atoms with Gasteiger partial charge in [0.2, 0.25) is 0 Å². The van der Waals surface area contributed by atoms with Gasteiger partial charge in [0.05, 0.1) is 33.1 Å². The van der Waals surface area contributed by atoms with Gasteiger partial charge in [0.25, 0.3) is 0 Å². The van der Waals surface area contributed by atoms with Crippen LogP contribution in [-0.2, 0) is 16.6 Å². The number of nitriles is 1. The maximum Gasteiger partial charge on any atom is 0.0994 e. The fourth-order valence-corrected chi connectivity index (χ4v) is 3.20. The van der Waals surface area contributed by atoms with Gasteiger partial charge < -0.3 is 5.73 Å². The van der Waals surface area contributed by atoms with Crippen molar-refractivity contribution < 1.29 is 4.21 Å². The zero-order chi connectivity index (χ0) is 13.8. The second-order valence-electron chi connectivity index (χ2n) is 3.94. The Morgan fingerprint density at radius 3 is 2.74 bits per heavy atom. The smallest absolute Gasteiger partial charge is 0.0994 e. The average Bonchev–Trinajstić information content (AvgIpc) is 2.42. The van der Waals surface area contributed by atoms with Crippen LogP contribution in [0.2, 0.25) is 5.02 Å². The monoisotopic (exact) mass is 290 g/mol. The van der Waals surface area contributed by atoms with E-state index < -0.39 is 10.8 Å². The highest BCUT2D eigenvalue weighted by atomic mass is 35.5. The number of nitrogens with two attached hydrogens (primary N) is 1. The summed E-state index contributed by atoms with van der Waals surface area (Å²) in [5.74, 6) is 0.244. The maximum absolute atomic E-state index is 12.3. The minimum absolute atomic E-state index is 0.244. The number of benzene rings is 2. The molecular formula is C14H11ClN2OS. The van der Waals surface area contributed by atoms with Gasteiger partial charge in [-0.3, -0.25) is 4.21 Å². The first kappa shape index (κ1) is 13.6. The number of anilines is 1. The lowest BCUT2D eigenvalue weighted by Crippen LogP contribution is -2.02. The summed E-state index contributed by atoms with van der Waals surface area (Å²) in [6.07, 6.45) is 0. The maximum atomic E-state index is 12.3. The van der Waals surface area contributed by atoms with E-state index >= 15 is 0 Å². The van der Waals surface area contributed by atoms with Crippen molar-refractivity contribution in [3.63, 3.8) is 0 Å². The molecule has 3 nitrogen and oxygen atoms in total. The van der Waals surface area contributed by atoms with E-state index in [-0.39, 0.29) is 5.75 Å². The molecule has 0 fully saturated rings. The zero-order valence-corrected chi connectivity index (χ0v) is 11.5. The standard InChI is InChI=1S/C14H11ClN2OS/c15-12-5-6-13(17)14(7-12)19(18)9-11-4-2-1-3-10(11)8-16/h1-7H,9,17H2. The molecule has 0 radical (unpaired) electrons. The highest BCUT2D eigenvalue weighted by molar-refractivity contribution is 7.84. The van der Waals surface area contributed by atoms with Crippen molar-refractivity contribution in [2.24, 2.45) is 0 Å². The van der Waals surface area contributed by atoms with Crippen LogP contribution < -0.4 is 5.73 Å². The Labute approximate surface area is 119 Å². The SMILES string of the molecule is N#Cc1ccccc1CS(=O)c1cc(Cl)ccc1N. The van der Waals surface area contributed by atoms with Crippen LogP contribution >= 0.6 is 11.6 Å². The Balaban J connectivity index is 2.31. The summed E-state index contributed by atoms with van der Waals surface area (Å²) in [7, 11) is -1.33. The molecular weight excluding hydrogens is 280 g/mol. The second kappa shape index (κ2) is 5.87. The van der Waals surface area contributed by atoms with Crippen molar-refractivity contribution in [1.29, 1.82) is 5.26 Å². The first-order chi connectivity index (χ1) is 9.11. The lowest BCUT2D eigenvalue weighted by molar-refractivity contribution is 0.683. The fourth-order valence-electron chi connectivity index (χ4n) is 1.68. The number of nitrogens with zero attached hydrogens (tertiary/aromatic N) is 1. The molecule has 19 heavy (non-hydrogen) atoms. The van der Waals surface area contributed by atoms with Gasteiger partial charge in [-0.15, -0.1) is 0 Å². The normalized spacial score (nSPS) is 11.8. The molecule has 0 saturated heterocycles. The van der Waals surface area contributed by atoms with E-state index in [1.54, 1.807) is 36.4 Å². The van der Waals surface area contributed by atoms with Crippen molar-refractivity contribution >= 4 is 28.1 Å². The van der Waals surface area contributed by atoms with Crippen LogP contribution in [0, 0.1) is 11.3 Å². The topological polar surface area (TPSA) is 66.9 Å². The molecule has 0 spiro atoms. The summed E-state index contributed by atoms with van der Waals surface area (Å²) in [6.45, 7) is 0. The first-order valence-electron chi connectivity index (χ1n) is 5.53. The minimum atomic E-state index is -1.33. The van der Waals surface area contributed by atoms with Gasteiger partial charge in [-0.1, -0.05) is 29.8 Å². The van der Waals surface area contributed by atoms with E-state index in [0.29, 0.717) is 21.2 Å². The van der Waals surface area contributed by atoms with Crippen LogP contribution in [0.15, 0.2) is 47.4 Å². The average molecular weight is 291 g/mol. The van der Waals surface area contributed by atoms with Gasteiger partial charge in [0.15, 0.2) is 0 Å². The largest absolute Gasteiger partial charge is 0.398 e. The highest BCUT2D eigenvalue weighted by Crippen LogP contribution is 2.24. The molecule has 2 rings (SSSR count). The molecule has 5 heteroatoms. The van der Waals surface area contributed by atoms with Crippen molar-refractivity contribution in [2.45, 2.75) is 10.6 Å². The molecule has 0 aromatic heterocycles. The van der Waals surface area contributed by atoms with Gasteiger partial charge in [0, 0.05) is 10.7 Å². The number of halogens is 1. The fraction of sp³-hybridized carbons (Fsp3) is 0.0714. The van der Waals surface area contributed by atoms with Crippen molar-refractivity contribution in [2.75, 3.05) is 5.73 Å². The van der Waals surface area contributed by atoms with Crippen LogP contribution in [0.1, 0.15) is 11.1 Å². The summed E-state index contributed by atoms with van der Waals surface area (Å²) in [5, 5.41) is 9.50. The number of hydrogen-bond acceptors (Lipinski definition) is 3. The van der Waals surface area contributed by atoms with Gasteiger partial charge in [-0.2, -0.15) is 5.26 Å². The van der Waals surface area contributed by atoms with E-state index in [2.05, 4.69) is 6.07 Å². The Morgan fingerprint density at radius 1 is 1.26 bits per heavy atom. The molecule has 2 aromatic rings. The van der Waals surface area contributed by atoms with Crippen LogP contribution in [0.5, 0.6) is 0 Å². The summed E-state index contributed by atoms with van der Waals surface area (Å²) >= 11 is 5.88. The molecule has 0 amide bonds. The van der Waals surface area contributed by atoms with E-state index in [1.807, 2.05) is 6.07 Å². The van der Waals surface area contributed by atoms with Gasteiger partial charge in [-0.05, 0) is 29.8 Å². The molecule has 0 aliphatic rings. The number of rotatable bonds is 3. The molecule has 0 aliphatic carbocycles. The van der Waals surface area contributed by atoms with Crippen LogP contribution in [0.3, 0.4) is 0 Å². The molecule has 0 saturated carbocycles. The molecule has 2 aromatic carbocycles. The quantitative estimate of drug-likeness (QED) is 0.883. The van der Waals surface area contributed by atoms with Gasteiger partial charge >= 0.3 is 0 Å². The summed E-state index contributed by atoms with van der Waals surface area (Å²) in [4.78, 5) is 0.500. The highest BCUT2D eigenvalue weighted by Gasteiger charge is 2.11. The Morgan fingerprint density at radius 2 is 2.00 bits per heavy atom. The third-order valence-electron chi connectivity index (χ3n) is 2.65. The number of hydrogen-bond donors (Lipinski definition) is 1. The van der Waals surface area contributed by atoms with E-state index in [0.717, 1.165) is 5.56 Å². The second-order valence-corrected chi connectivity index (χ2v) is 5.80. The summed E-state index contributed by atoms with van der Waals surface area (Å²) < 4.78 is 12.3. The van der Waals surface area contributed by atoms with E-state index in [1.165, 1.54) is 0 Å². The predicted molar refractivity (Wildman–Crippen MR) is 77.1 cm³/mol. The van der Waals surface area contributed by atoms with E-state index in [9.17, 15) is 4.21 Å².